The van der Waals surface area contributed by atoms with Crippen LogP contribution in [-0.2, 0) is 17.8 Å². The number of methoxy groups -OCH3 is 1. The Balaban J connectivity index is 1.43. The molecule has 5 aromatic rings. The van der Waals surface area contributed by atoms with Crippen LogP contribution in [0, 0.1) is 0 Å². The lowest BCUT2D eigenvalue weighted by Crippen LogP contribution is -2.00. The van der Waals surface area contributed by atoms with Crippen molar-refractivity contribution in [3.8, 4) is 5.88 Å². The molecule has 150 valence electrons. The van der Waals surface area contributed by atoms with Gasteiger partial charge in [0, 0.05) is 37.2 Å². The highest BCUT2D eigenvalue weighted by Gasteiger charge is 2.10. The van der Waals surface area contributed by atoms with Gasteiger partial charge >= 0.3 is 0 Å². The smallest absolute Gasteiger partial charge is 0.247 e. The van der Waals surface area contributed by atoms with E-state index in [1.807, 2.05) is 42.5 Å². The Morgan fingerprint density at radius 1 is 1.13 bits per heavy atom. The number of aromatic nitrogens is 6. The second kappa shape index (κ2) is 7.45. The Hall–Kier alpha value is -3.98. The van der Waals surface area contributed by atoms with Crippen LogP contribution in [0.25, 0.3) is 16.7 Å². The van der Waals surface area contributed by atoms with E-state index in [0.29, 0.717) is 19.0 Å². The predicted octanol–water partition coefficient (Wildman–Crippen LogP) is 3.19. The molecule has 3 N–H and O–H groups in total. The van der Waals surface area contributed by atoms with Crippen LogP contribution in [0.5, 0.6) is 5.88 Å². The summed E-state index contributed by atoms with van der Waals surface area (Å²) in [5, 5.41) is 17.5. The number of rotatable bonds is 6. The average molecular weight is 401 g/mol. The number of nitrogens with one attached hydrogen (secondary N) is 2. The second-order valence-electron chi connectivity index (χ2n) is 6.90. The van der Waals surface area contributed by atoms with E-state index in [2.05, 4.69) is 30.4 Å². The molecular weight excluding hydrogens is 382 g/mol. The van der Waals surface area contributed by atoms with E-state index in [1.165, 1.54) is 0 Å². The fraction of sp³-hybridized carbons (Fsp3) is 0.143. The lowest BCUT2D eigenvalue weighted by molar-refractivity contribution is 0.179. The van der Waals surface area contributed by atoms with E-state index in [4.69, 9.17) is 4.74 Å². The first-order valence-corrected chi connectivity index (χ1v) is 9.41. The Bertz CT molecular complexity index is 1340. The lowest BCUT2D eigenvalue weighted by Gasteiger charge is -2.04. The maximum atomic E-state index is 9.61. The van der Waals surface area contributed by atoms with Crippen molar-refractivity contribution in [1.29, 1.82) is 0 Å². The maximum Gasteiger partial charge on any atom is 0.247 e. The molecule has 9 nitrogen and oxygen atoms in total. The molecule has 30 heavy (non-hydrogen) atoms. The summed E-state index contributed by atoms with van der Waals surface area (Å²) >= 11 is 0. The number of H-pyrrole nitrogens is 1. The maximum absolute atomic E-state index is 9.61. The molecule has 5 rings (SSSR count). The number of hydrogen-bond acceptors (Lipinski definition) is 7. The van der Waals surface area contributed by atoms with Gasteiger partial charge < -0.3 is 20.1 Å². The third kappa shape index (κ3) is 3.53. The summed E-state index contributed by atoms with van der Waals surface area (Å²) < 4.78 is 6.92. The van der Waals surface area contributed by atoms with Gasteiger partial charge in [0.25, 0.3) is 0 Å². The van der Waals surface area contributed by atoms with Gasteiger partial charge in [0.1, 0.15) is 12.4 Å². The predicted molar refractivity (Wildman–Crippen MR) is 112 cm³/mol. The number of anilines is 2. The Morgan fingerprint density at radius 3 is 2.93 bits per heavy atom. The summed E-state index contributed by atoms with van der Waals surface area (Å²) in [6.45, 7) is 0.434. The van der Waals surface area contributed by atoms with E-state index in [9.17, 15) is 5.11 Å². The number of hydrogen-bond donors (Lipinski definition) is 3. The van der Waals surface area contributed by atoms with Crippen molar-refractivity contribution in [3.63, 3.8) is 0 Å². The summed E-state index contributed by atoms with van der Waals surface area (Å²) in [5.41, 5.74) is 5.26. The minimum Gasteiger partial charge on any atom is -0.493 e. The highest BCUT2D eigenvalue weighted by molar-refractivity contribution is 5.80. The number of ether oxygens (including phenoxy) is 1. The van der Waals surface area contributed by atoms with Crippen molar-refractivity contribution in [2.75, 3.05) is 12.4 Å². The molecule has 0 unspecified atom stereocenters. The minimum absolute atomic E-state index is 0.00322. The van der Waals surface area contributed by atoms with Gasteiger partial charge in [-0.2, -0.15) is 4.98 Å². The highest BCUT2D eigenvalue weighted by atomic mass is 16.5. The molecule has 0 spiro atoms. The fourth-order valence-electron chi connectivity index (χ4n) is 3.40. The SMILES string of the molecule is COCc1nc2ccc(Nc3nc4cccc(Cc5ccnc(O)c5)n4n3)cc2[nH]1. The van der Waals surface area contributed by atoms with Crippen molar-refractivity contribution in [3.05, 3.63) is 71.8 Å². The first-order chi connectivity index (χ1) is 14.7. The standard InChI is InChI=1S/C21H19N7O2/c1-30-12-18-24-16-6-5-14(11-17(16)25-18)23-21-26-19-4-2-3-15(28(19)27-21)9-13-7-8-22-20(29)10-13/h2-8,10-11H,9,12H2,1H3,(H,22,29)(H,23,27)(H,24,25). The van der Waals surface area contributed by atoms with Crippen molar-refractivity contribution in [1.82, 2.24) is 29.5 Å². The zero-order chi connectivity index (χ0) is 20.5. The summed E-state index contributed by atoms with van der Waals surface area (Å²) in [5.74, 6) is 1.28. The summed E-state index contributed by atoms with van der Waals surface area (Å²) in [6, 6.07) is 15.2. The normalized spacial score (nSPS) is 11.4. The summed E-state index contributed by atoms with van der Waals surface area (Å²) in [6.07, 6.45) is 2.18. The molecule has 0 radical (unpaired) electrons. The largest absolute Gasteiger partial charge is 0.493 e. The first kappa shape index (κ1) is 18.1. The molecule has 0 fully saturated rings. The number of aromatic amines is 1. The number of fused-ring (bicyclic) bond motifs is 2. The zero-order valence-corrected chi connectivity index (χ0v) is 16.2. The summed E-state index contributed by atoms with van der Waals surface area (Å²) in [7, 11) is 1.64. The quantitative estimate of drug-likeness (QED) is 0.400. The van der Waals surface area contributed by atoms with Crippen LogP contribution in [0.2, 0.25) is 0 Å². The Kier molecular flexibility index (Phi) is 4.49. The molecular formula is C21H19N7O2. The Labute approximate surface area is 171 Å². The highest BCUT2D eigenvalue weighted by Crippen LogP contribution is 2.21. The van der Waals surface area contributed by atoms with Gasteiger partial charge in [0.2, 0.25) is 11.8 Å². The van der Waals surface area contributed by atoms with Crippen molar-refractivity contribution in [2.45, 2.75) is 13.0 Å². The van der Waals surface area contributed by atoms with Gasteiger partial charge in [-0.3, -0.25) is 0 Å². The third-order valence-corrected chi connectivity index (χ3v) is 4.70. The molecule has 0 bridgehead atoms. The molecule has 1 aromatic carbocycles. The van der Waals surface area contributed by atoms with Gasteiger partial charge in [-0.05, 0) is 42.0 Å². The third-order valence-electron chi connectivity index (χ3n) is 4.70. The fourth-order valence-corrected chi connectivity index (χ4v) is 3.40. The van der Waals surface area contributed by atoms with Gasteiger partial charge in [0.05, 0.1) is 11.0 Å². The van der Waals surface area contributed by atoms with Crippen molar-refractivity contribution < 1.29 is 9.84 Å². The van der Waals surface area contributed by atoms with Gasteiger partial charge in [-0.15, -0.1) is 5.10 Å². The average Bonchev–Trinajstić information content (AvgIpc) is 3.31. The molecule has 0 aliphatic carbocycles. The van der Waals surface area contributed by atoms with Crippen LogP contribution in [0.3, 0.4) is 0 Å². The molecule has 0 atom stereocenters. The number of pyridine rings is 2. The van der Waals surface area contributed by atoms with Gasteiger partial charge in [0.15, 0.2) is 5.65 Å². The Morgan fingerprint density at radius 2 is 2.07 bits per heavy atom. The lowest BCUT2D eigenvalue weighted by atomic mass is 10.1. The molecule has 0 aliphatic heterocycles. The van der Waals surface area contributed by atoms with Gasteiger partial charge in [-0.1, -0.05) is 6.07 Å². The van der Waals surface area contributed by atoms with E-state index in [0.717, 1.165) is 39.4 Å². The number of benzene rings is 1. The van der Waals surface area contributed by atoms with E-state index in [1.54, 1.807) is 23.9 Å². The molecule has 4 aromatic heterocycles. The zero-order valence-electron chi connectivity index (χ0n) is 16.2. The van der Waals surface area contributed by atoms with Crippen LogP contribution < -0.4 is 5.32 Å². The number of imidazole rings is 1. The van der Waals surface area contributed by atoms with Crippen molar-refractivity contribution in [2.24, 2.45) is 0 Å². The van der Waals surface area contributed by atoms with Crippen LogP contribution in [-0.4, -0.2) is 41.8 Å². The number of aromatic hydroxyl groups is 1. The summed E-state index contributed by atoms with van der Waals surface area (Å²) in [4.78, 5) is 16.1. The van der Waals surface area contributed by atoms with E-state index in [-0.39, 0.29) is 5.88 Å². The second-order valence-corrected chi connectivity index (χ2v) is 6.90. The molecule has 0 aliphatic rings. The monoisotopic (exact) mass is 401 g/mol. The van der Waals surface area contributed by atoms with Gasteiger partial charge in [-0.25, -0.2) is 14.5 Å². The first-order valence-electron chi connectivity index (χ1n) is 9.41. The molecule has 9 heteroatoms. The molecule has 0 saturated heterocycles. The molecule has 0 amide bonds. The van der Waals surface area contributed by atoms with Crippen LogP contribution in [0.1, 0.15) is 17.1 Å². The topological polar surface area (TPSA) is 113 Å². The number of nitrogens with zero attached hydrogens (tertiary/aromatic N) is 5. The van der Waals surface area contributed by atoms with Crippen molar-refractivity contribution >= 4 is 28.3 Å². The molecule has 4 heterocycles. The molecule has 0 saturated carbocycles. The van der Waals surface area contributed by atoms with Crippen LogP contribution in [0.15, 0.2) is 54.7 Å². The van der Waals surface area contributed by atoms with E-state index >= 15 is 0 Å². The van der Waals surface area contributed by atoms with Crippen LogP contribution in [0.4, 0.5) is 11.6 Å². The van der Waals surface area contributed by atoms with E-state index < -0.39 is 0 Å². The van der Waals surface area contributed by atoms with Crippen LogP contribution >= 0.6 is 0 Å². The minimum atomic E-state index is 0.00322.